The summed E-state index contributed by atoms with van der Waals surface area (Å²) in [7, 11) is -3.19. The van der Waals surface area contributed by atoms with Gasteiger partial charge in [-0.15, -0.1) is 0 Å². The van der Waals surface area contributed by atoms with Gasteiger partial charge >= 0.3 is 0 Å². The molecular formula is C15H22N2O3S. The molecule has 1 fully saturated rings. The van der Waals surface area contributed by atoms with Gasteiger partial charge in [-0.1, -0.05) is 19.4 Å². The molecule has 1 aliphatic rings. The number of rotatable bonds is 5. The van der Waals surface area contributed by atoms with Crippen LogP contribution in [-0.2, 0) is 14.8 Å². The molecule has 0 unspecified atom stereocenters. The SMILES string of the molecule is CCCCC(=O)Nc1cc(N2CCCS2(=O)=O)ccc1C. The minimum absolute atomic E-state index is 0.0265. The Morgan fingerprint density at radius 1 is 1.38 bits per heavy atom. The summed E-state index contributed by atoms with van der Waals surface area (Å²) >= 11 is 0. The molecule has 21 heavy (non-hydrogen) atoms. The minimum Gasteiger partial charge on any atom is -0.326 e. The molecule has 1 aliphatic heterocycles. The number of hydrogen-bond donors (Lipinski definition) is 1. The lowest BCUT2D eigenvalue weighted by Gasteiger charge is -2.19. The highest BCUT2D eigenvalue weighted by Crippen LogP contribution is 2.28. The van der Waals surface area contributed by atoms with Crippen LogP contribution in [0.25, 0.3) is 0 Å². The van der Waals surface area contributed by atoms with Crippen molar-refractivity contribution in [1.29, 1.82) is 0 Å². The largest absolute Gasteiger partial charge is 0.326 e. The first-order chi connectivity index (χ1) is 9.94. The van der Waals surface area contributed by atoms with Gasteiger partial charge in [0.1, 0.15) is 0 Å². The summed E-state index contributed by atoms with van der Waals surface area (Å²) in [5.41, 5.74) is 2.25. The van der Waals surface area contributed by atoms with Crippen LogP contribution in [0, 0.1) is 6.92 Å². The van der Waals surface area contributed by atoms with Crippen LogP contribution in [0.15, 0.2) is 18.2 Å². The third kappa shape index (κ3) is 3.75. The van der Waals surface area contributed by atoms with E-state index in [1.807, 2.05) is 19.9 Å². The Morgan fingerprint density at radius 2 is 2.14 bits per heavy atom. The van der Waals surface area contributed by atoms with Gasteiger partial charge in [-0.2, -0.15) is 0 Å². The molecule has 2 rings (SSSR count). The second kappa shape index (κ2) is 6.47. The number of aryl methyl sites for hydroxylation is 1. The van der Waals surface area contributed by atoms with Crippen molar-refractivity contribution in [2.24, 2.45) is 0 Å². The maximum Gasteiger partial charge on any atom is 0.235 e. The van der Waals surface area contributed by atoms with Crippen molar-refractivity contribution < 1.29 is 13.2 Å². The molecule has 1 aromatic carbocycles. The highest BCUT2D eigenvalue weighted by Gasteiger charge is 2.28. The van der Waals surface area contributed by atoms with Gasteiger partial charge in [0, 0.05) is 18.7 Å². The maximum atomic E-state index is 12.0. The Morgan fingerprint density at radius 3 is 2.76 bits per heavy atom. The van der Waals surface area contributed by atoms with Crippen molar-refractivity contribution in [1.82, 2.24) is 0 Å². The van der Waals surface area contributed by atoms with Gasteiger partial charge in [-0.25, -0.2) is 8.42 Å². The van der Waals surface area contributed by atoms with E-state index in [0.717, 1.165) is 18.4 Å². The first-order valence-corrected chi connectivity index (χ1v) is 8.96. The fourth-order valence-corrected chi connectivity index (χ4v) is 3.94. The average molecular weight is 310 g/mol. The number of carbonyl (C=O) groups excluding carboxylic acids is 1. The van der Waals surface area contributed by atoms with Gasteiger partial charge < -0.3 is 5.32 Å². The van der Waals surface area contributed by atoms with Crippen molar-refractivity contribution in [3.63, 3.8) is 0 Å². The normalized spacial score (nSPS) is 17.0. The summed E-state index contributed by atoms with van der Waals surface area (Å²) in [5.74, 6) is 0.167. The summed E-state index contributed by atoms with van der Waals surface area (Å²) in [5, 5.41) is 2.88. The Balaban J connectivity index is 2.19. The molecule has 0 spiro atoms. The predicted octanol–water partition coefficient (Wildman–Crippen LogP) is 2.66. The predicted molar refractivity (Wildman–Crippen MR) is 85.1 cm³/mol. The van der Waals surface area contributed by atoms with E-state index in [1.165, 1.54) is 4.31 Å². The van der Waals surface area contributed by atoms with Crippen LogP contribution in [0.1, 0.15) is 38.2 Å². The summed E-state index contributed by atoms with van der Waals surface area (Å²) < 4.78 is 25.3. The monoisotopic (exact) mass is 310 g/mol. The van der Waals surface area contributed by atoms with Crippen molar-refractivity contribution in [3.05, 3.63) is 23.8 Å². The minimum atomic E-state index is -3.19. The lowest BCUT2D eigenvalue weighted by atomic mass is 10.1. The molecule has 1 heterocycles. The molecule has 0 radical (unpaired) electrons. The third-order valence-corrected chi connectivity index (χ3v) is 5.51. The Bertz CT molecular complexity index is 626. The zero-order valence-electron chi connectivity index (χ0n) is 12.6. The van der Waals surface area contributed by atoms with Crippen LogP contribution in [0.5, 0.6) is 0 Å². The Labute approximate surface area is 126 Å². The van der Waals surface area contributed by atoms with Crippen molar-refractivity contribution in [2.45, 2.75) is 39.5 Å². The Hall–Kier alpha value is -1.56. The number of nitrogens with zero attached hydrogens (tertiary/aromatic N) is 1. The maximum absolute atomic E-state index is 12.0. The number of hydrogen-bond acceptors (Lipinski definition) is 3. The standard InChI is InChI=1S/C15H22N2O3S/c1-3-4-6-15(18)16-14-11-13(8-7-12(14)2)17-9-5-10-21(17,19)20/h7-8,11H,3-6,9-10H2,1-2H3,(H,16,18). The molecule has 116 valence electrons. The summed E-state index contributed by atoms with van der Waals surface area (Å²) in [6, 6.07) is 5.39. The van der Waals surface area contributed by atoms with Gasteiger partial charge in [-0.05, 0) is 37.5 Å². The number of anilines is 2. The smallest absolute Gasteiger partial charge is 0.235 e. The van der Waals surface area contributed by atoms with E-state index in [9.17, 15) is 13.2 Å². The van der Waals surface area contributed by atoms with Gasteiger partial charge in [0.05, 0.1) is 11.4 Å². The molecule has 0 bridgehead atoms. The van der Waals surface area contributed by atoms with Crippen LogP contribution in [0.3, 0.4) is 0 Å². The van der Waals surface area contributed by atoms with E-state index < -0.39 is 10.0 Å². The van der Waals surface area contributed by atoms with E-state index in [4.69, 9.17) is 0 Å². The number of benzene rings is 1. The van der Waals surface area contributed by atoms with E-state index in [2.05, 4.69) is 5.32 Å². The molecule has 0 atom stereocenters. The highest BCUT2D eigenvalue weighted by molar-refractivity contribution is 7.93. The topological polar surface area (TPSA) is 66.5 Å². The highest BCUT2D eigenvalue weighted by atomic mass is 32.2. The van der Waals surface area contributed by atoms with E-state index in [0.29, 0.717) is 30.8 Å². The quantitative estimate of drug-likeness (QED) is 0.909. The zero-order chi connectivity index (χ0) is 15.5. The second-order valence-corrected chi connectivity index (χ2v) is 7.41. The molecular weight excluding hydrogens is 288 g/mol. The molecule has 1 aromatic rings. The summed E-state index contributed by atoms with van der Waals surface area (Å²) in [4.78, 5) is 11.8. The number of unbranched alkanes of at least 4 members (excludes halogenated alkanes) is 1. The van der Waals surface area contributed by atoms with E-state index in [-0.39, 0.29) is 11.7 Å². The molecule has 0 saturated carbocycles. The van der Waals surface area contributed by atoms with Gasteiger partial charge in [0.15, 0.2) is 0 Å². The summed E-state index contributed by atoms with van der Waals surface area (Å²) in [6.45, 7) is 4.45. The van der Waals surface area contributed by atoms with Gasteiger partial charge in [-0.3, -0.25) is 9.10 Å². The van der Waals surface area contributed by atoms with Crippen LogP contribution < -0.4 is 9.62 Å². The molecule has 0 aromatic heterocycles. The van der Waals surface area contributed by atoms with Crippen molar-refractivity contribution >= 4 is 27.3 Å². The lowest BCUT2D eigenvalue weighted by Crippen LogP contribution is -2.25. The molecule has 0 aliphatic carbocycles. The second-order valence-electron chi connectivity index (χ2n) is 5.39. The number of sulfonamides is 1. The van der Waals surface area contributed by atoms with Crippen LogP contribution >= 0.6 is 0 Å². The molecule has 5 nitrogen and oxygen atoms in total. The van der Waals surface area contributed by atoms with E-state index in [1.54, 1.807) is 12.1 Å². The fraction of sp³-hybridized carbons (Fsp3) is 0.533. The third-order valence-electron chi connectivity index (χ3n) is 3.64. The van der Waals surface area contributed by atoms with Crippen LogP contribution in [-0.4, -0.2) is 26.6 Å². The molecule has 1 amide bonds. The number of carbonyl (C=O) groups is 1. The van der Waals surface area contributed by atoms with Crippen LogP contribution in [0.4, 0.5) is 11.4 Å². The first-order valence-electron chi connectivity index (χ1n) is 7.35. The molecule has 1 N–H and O–H groups in total. The average Bonchev–Trinajstić information content (AvgIpc) is 2.78. The summed E-state index contributed by atoms with van der Waals surface area (Å²) in [6.07, 6.45) is 2.96. The van der Waals surface area contributed by atoms with Gasteiger partial charge in [0.2, 0.25) is 15.9 Å². The number of amides is 1. The van der Waals surface area contributed by atoms with Crippen LogP contribution in [0.2, 0.25) is 0 Å². The van der Waals surface area contributed by atoms with Gasteiger partial charge in [0.25, 0.3) is 0 Å². The molecule has 6 heteroatoms. The lowest BCUT2D eigenvalue weighted by molar-refractivity contribution is -0.116. The first kappa shape index (κ1) is 15.8. The number of nitrogens with one attached hydrogen (secondary N) is 1. The van der Waals surface area contributed by atoms with Crippen molar-refractivity contribution in [2.75, 3.05) is 21.9 Å². The fourth-order valence-electron chi connectivity index (χ4n) is 2.38. The van der Waals surface area contributed by atoms with Crippen molar-refractivity contribution in [3.8, 4) is 0 Å². The zero-order valence-corrected chi connectivity index (χ0v) is 13.4. The Kier molecular flexibility index (Phi) is 4.88. The van der Waals surface area contributed by atoms with E-state index >= 15 is 0 Å². The molecule has 1 saturated heterocycles.